The second-order valence-electron chi connectivity index (χ2n) is 6.68. The zero-order valence-electron chi connectivity index (χ0n) is 14.2. The van der Waals surface area contributed by atoms with E-state index >= 15 is 0 Å². The van der Waals surface area contributed by atoms with E-state index in [-0.39, 0.29) is 12.5 Å². The lowest BCUT2D eigenvalue weighted by Gasteiger charge is -2.28. The van der Waals surface area contributed by atoms with Crippen LogP contribution in [0.1, 0.15) is 24.8 Å². The van der Waals surface area contributed by atoms with Crippen molar-refractivity contribution in [3.63, 3.8) is 0 Å². The number of aromatic nitrogens is 1. The summed E-state index contributed by atoms with van der Waals surface area (Å²) >= 11 is 0. The van der Waals surface area contributed by atoms with E-state index in [1.54, 1.807) is 0 Å². The lowest BCUT2D eigenvalue weighted by molar-refractivity contribution is -0.118. The maximum absolute atomic E-state index is 12.0. The van der Waals surface area contributed by atoms with Crippen LogP contribution in [-0.4, -0.2) is 41.5 Å². The zero-order chi connectivity index (χ0) is 17.1. The fourth-order valence-electron chi connectivity index (χ4n) is 3.67. The molecule has 2 aliphatic rings. The van der Waals surface area contributed by atoms with Gasteiger partial charge in [0.15, 0.2) is 6.61 Å². The number of amides is 1. The van der Waals surface area contributed by atoms with Crippen molar-refractivity contribution < 1.29 is 9.53 Å². The first-order valence-electron chi connectivity index (χ1n) is 8.87. The Morgan fingerprint density at radius 2 is 2.20 bits per heavy atom. The third kappa shape index (κ3) is 3.77. The lowest BCUT2D eigenvalue weighted by Crippen LogP contribution is -2.32. The third-order valence-electron chi connectivity index (χ3n) is 4.97. The summed E-state index contributed by atoms with van der Waals surface area (Å²) in [6.45, 7) is 2.26. The first-order chi connectivity index (χ1) is 12.3. The second kappa shape index (κ2) is 7.15. The van der Waals surface area contributed by atoms with Crippen molar-refractivity contribution in [2.45, 2.75) is 25.3 Å². The summed E-state index contributed by atoms with van der Waals surface area (Å²) < 4.78 is 5.47. The number of aromatic amines is 1. The van der Waals surface area contributed by atoms with Crippen LogP contribution in [0.15, 0.2) is 48.7 Å². The topological polar surface area (TPSA) is 57.4 Å². The van der Waals surface area contributed by atoms with Crippen molar-refractivity contribution in [3.05, 3.63) is 54.2 Å². The Kier molecular flexibility index (Phi) is 4.57. The predicted molar refractivity (Wildman–Crippen MR) is 98.5 cm³/mol. The van der Waals surface area contributed by atoms with Crippen molar-refractivity contribution in [1.29, 1.82) is 0 Å². The number of fused-ring (bicyclic) bond motifs is 1. The van der Waals surface area contributed by atoms with Gasteiger partial charge in [0.1, 0.15) is 11.6 Å². The van der Waals surface area contributed by atoms with Gasteiger partial charge < -0.3 is 15.0 Å². The van der Waals surface area contributed by atoms with Gasteiger partial charge in [0.05, 0.1) is 0 Å². The summed E-state index contributed by atoms with van der Waals surface area (Å²) in [6.07, 6.45) is 7.99. The van der Waals surface area contributed by atoms with Gasteiger partial charge in [-0.05, 0) is 55.1 Å². The standard InChI is InChI=1S/C20H23N3O2/c24-20(14-25-18-6-2-1-3-7-18)22-19-12-16(13-21-19)15-8-10-23-9-4-5-17(23)11-15/h1-3,6-8,12-13,17,21H,4-5,9-11,14H2,(H,22,24). The monoisotopic (exact) mass is 337 g/mol. The number of carbonyl (C=O) groups excluding carboxylic acids is 1. The Hall–Kier alpha value is -2.53. The van der Waals surface area contributed by atoms with Crippen molar-refractivity contribution in [1.82, 2.24) is 9.88 Å². The molecule has 0 saturated carbocycles. The molecule has 5 heteroatoms. The Morgan fingerprint density at radius 3 is 3.08 bits per heavy atom. The van der Waals surface area contributed by atoms with E-state index in [4.69, 9.17) is 4.74 Å². The largest absolute Gasteiger partial charge is 0.484 e. The molecule has 4 rings (SSSR count). The molecular formula is C20H23N3O2. The van der Waals surface area contributed by atoms with Gasteiger partial charge in [-0.25, -0.2) is 0 Å². The van der Waals surface area contributed by atoms with Gasteiger partial charge in [0.25, 0.3) is 5.91 Å². The van der Waals surface area contributed by atoms with Crippen LogP contribution in [0.3, 0.4) is 0 Å². The molecule has 0 bridgehead atoms. The van der Waals surface area contributed by atoms with Gasteiger partial charge in [-0.15, -0.1) is 0 Å². The fourth-order valence-corrected chi connectivity index (χ4v) is 3.67. The van der Waals surface area contributed by atoms with Crippen LogP contribution < -0.4 is 10.1 Å². The molecule has 2 aliphatic heterocycles. The molecule has 1 saturated heterocycles. The van der Waals surface area contributed by atoms with E-state index in [9.17, 15) is 4.79 Å². The average molecular weight is 337 g/mol. The van der Waals surface area contributed by atoms with Crippen LogP contribution >= 0.6 is 0 Å². The zero-order valence-corrected chi connectivity index (χ0v) is 14.2. The second-order valence-corrected chi connectivity index (χ2v) is 6.68. The van der Waals surface area contributed by atoms with Crippen LogP contribution in [0.5, 0.6) is 5.75 Å². The van der Waals surface area contributed by atoms with Crippen LogP contribution in [0.25, 0.3) is 5.57 Å². The molecule has 1 amide bonds. The van der Waals surface area contributed by atoms with E-state index in [2.05, 4.69) is 21.3 Å². The molecule has 1 atom stereocenters. The normalized spacial score (nSPS) is 20.0. The molecule has 3 heterocycles. The molecule has 2 aromatic rings. The van der Waals surface area contributed by atoms with Crippen LogP contribution in [0.4, 0.5) is 5.82 Å². The molecule has 130 valence electrons. The first kappa shape index (κ1) is 16.0. The van der Waals surface area contributed by atoms with Gasteiger partial charge in [-0.2, -0.15) is 0 Å². The number of nitrogens with one attached hydrogen (secondary N) is 2. The van der Waals surface area contributed by atoms with Crippen molar-refractivity contribution in [2.75, 3.05) is 25.0 Å². The third-order valence-corrected chi connectivity index (χ3v) is 4.97. The van der Waals surface area contributed by atoms with E-state index < -0.39 is 0 Å². The predicted octanol–water partition coefficient (Wildman–Crippen LogP) is 3.28. The van der Waals surface area contributed by atoms with Crippen molar-refractivity contribution in [3.8, 4) is 5.75 Å². The molecule has 2 N–H and O–H groups in total. The average Bonchev–Trinajstić information content (AvgIpc) is 3.29. The number of hydrogen-bond acceptors (Lipinski definition) is 3. The molecule has 0 spiro atoms. The van der Waals surface area contributed by atoms with E-state index in [1.807, 2.05) is 42.6 Å². The lowest BCUT2D eigenvalue weighted by atomic mass is 9.96. The van der Waals surface area contributed by atoms with Crippen molar-refractivity contribution >= 4 is 17.3 Å². The highest BCUT2D eigenvalue weighted by atomic mass is 16.5. The fraction of sp³-hybridized carbons (Fsp3) is 0.350. The molecule has 1 aromatic carbocycles. The molecular weight excluding hydrogens is 314 g/mol. The number of carbonyl (C=O) groups is 1. The number of anilines is 1. The number of ether oxygens (including phenoxy) is 1. The first-order valence-corrected chi connectivity index (χ1v) is 8.87. The number of rotatable bonds is 5. The van der Waals surface area contributed by atoms with Gasteiger partial charge >= 0.3 is 0 Å². The minimum atomic E-state index is -0.170. The molecule has 1 unspecified atom stereocenters. The van der Waals surface area contributed by atoms with Crippen LogP contribution in [-0.2, 0) is 4.79 Å². The highest BCUT2D eigenvalue weighted by molar-refractivity contribution is 5.91. The maximum atomic E-state index is 12.0. The van der Waals surface area contributed by atoms with Gasteiger partial charge in [-0.3, -0.25) is 9.69 Å². The minimum Gasteiger partial charge on any atom is -0.484 e. The van der Waals surface area contributed by atoms with Gasteiger partial charge in [-0.1, -0.05) is 24.3 Å². The summed E-state index contributed by atoms with van der Waals surface area (Å²) in [5.41, 5.74) is 2.55. The molecule has 0 aliphatic carbocycles. The number of hydrogen-bond donors (Lipinski definition) is 2. The number of para-hydroxylation sites is 1. The van der Waals surface area contributed by atoms with E-state index in [0.29, 0.717) is 17.6 Å². The summed E-state index contributed by atoms with van der Waals surface area (Å²) in [5.74, 6) is 1.24. The highest BCUT2D eigenvalue weighted by Gasteiger charge is 2.28. The van der Waals surface area contributed by atoms with Crippen LogP contribution in [0, 0.1) is 0 Å². The summed E-state index contributed by atoms with van der Waals surface area (Å²) in [5, 5.41) is 2.86. The molecule has 25 heavy (non-hydrogen) atoms. The maximum Gasteiger partial charge on any atom is 0.263 e. The number of nitrogens with zero attached hydrogens (tertiary/aromatic N) is 1. The Morgan fingerprint density at radius 1 is 1.32 bits per heavy atom. The van der Waals surface area contributed by atoms with E-state index in [0.717, 1.165) is 13.0 Å². The molecule has 0 radical (unpaired) electrons. The summed E-state index contributed by atoms with van der Waals surface area (Å²) in [4.78, 5) is 17.7. The van der Waals surface area contributed by atoms with Gasteiger partial charge in [0.2, 0.25) is 0 Å². The highest BCUT2D eigenvalue weighted by Crippen LogP contribution is 2.32. The summed E-state index contributed by atoms with van der Waals surface area (Å²) in [7, 11) is 0. The molecule has 1 aromatic heterocycles. The minimum absolute atomic E-state index is 0.00189. The number of benzene rings is 1. The van der Waals surface area contributed by atoms with Crippen LogP contribution in [0.2, 0.25) is 0 Å². The Bertz CT molecular complexity index is 766. The smallest absolute Gasteiger partial charge is 0.263 e. The SMILES string of the molecule is O=C(COc1ccccc1)Nc1cc(C2=CCN3CCCC3C2)c[nH]1. The summed E-state index contributed by atoms with van der Waals surface area (Å²) in [6, 6.07) is 12.0. The van der Waals surface area contributed by atoms with Gasteiger partial charge in [0, 0.05) is 18.8 Å². The molecule has 5 nitrogen and oxygen atoms in total. The Labute approximate surface area is 147 Å². The van der Waals surface area contributed by atoms with E-state index in [1.165, 1.54) is 30.5 Å². The molecule has 1 fully saturated rings. The quantitative estimate of drug-likeness (QED) is 0.880. The van der Waals surface area contributed by atoms with Crippen molar-refractivity contribution in [2.24, 2.45) is 0 Å². The number of H-pyrrole nitrogens is 1. The Balaban J connectivity index is 1.33.